The Labute approximate surface area is 97.7 Å². The highest BCUT2D eigenvalue weighted by atomic mass is 16.5. The Morgan fingerprint density at radius 1 is 1.06 bits per heavy atom. The van der Waals surface area contributed by atoms with Gasteiger partial charge in [-0.15, -0.1) is 0 Å². The van der Waals surface area contributed by atoms with Gasteiger partial charge in [-0.05, 0) is 6.42 Å². The van der Waals surface area contributed by atoms with Crippen LogP contribution in [0.3, 0.4) is 0 Å². The van der Waals surface area contributed by atoms with E-state index in [1.165, 1.54) is 26.4 Å². The van der Waals surface area contributed by atoms with E-state index >= 15 is 0 Å². The molecule has 0 rings (SSSR count). The Kier molecular flexibility index (Phi) is 9.76. The summed E-state index contributed by atoms with van der Waals surface area (Å²) in [4.78, 5) is 22.0. The lowest BCUT2D eigenvalue weighted by atomic mass is 10.1. The number of methoxy groups -OCH3 is 1. The summed E-state index contributed by atoms with van der Waals surface area (Å²) in [6.45, 7) is 2.89. The zero-order valence-electron chi connectivity index (χ0n) is 10.4. The molecule has 0 aliphatic carbocycles. The van der Waals surface area contributed by atoms with E-state index < -0.39 is 0 Å². The summed E-state index contributed by atoms with van der Waals surface area (Å²) in [7, 11) is 1.33. The lowest BCUT2D eigenvalue weighted by molar-refractivity contribution is -0.142. The Balaban J connectivity index is 3.27. The molecule has 94 valence electrons. The van der Waals surface area contributed by atoms with E-state index in [1.807, 2.05) is 0 Å². The Bertz CT molecular complexity index is 204. The van der Waals surface area contributed by atoms with Crippen LogP contribution in [0.2, 0.25) is 0 Å². The normalized spacial score (nSPS) is 9.88. The van der Waals surface area contributed by atoms with Crippen molar-refractivity contribution in [2.45, 2.75) is 51.9 Å². The second-order valence-corrected chi connectivity index (χ2v) is 3.84. The molecular weight excluding hydrogens is 206 g/mol. The van der Waals surface area contributed by atoms with Gasteiger partial charge in [0.05, 0.1) is 13.5 Å². The number of carbonyl (C=O) groups is 2. The third-order valence-electron chi connectivity index (χ3n) is 2.39. The van der Waals surface area contributed by atoms with Gasteiger partial charge in [0, 0.05) is 13.0 Å². The van der Waals surface area contributed by atoms with Gasteiger partial charge in [0.25, 0.3) is 0 Å². The molecule has 0 atom stereocenters. The highest BCUT2D eigenvalue weighted by Crippen LogP contribution is 2.01. The molecule has 0 spiro atoms. The monoisotopic (exact) mass is 229 g/mol. The summed E-state index contributed by atoms with van der Waals surface area (Å²) in [5, 5.41) is 2.79. The van der Waals surface area contributed by atoms with E-state index in [9.17, 15) is 9.59 Å². The van der Waals surface area contributed by atoms with Crippen molar-refractivity contribution in [3.8, 4) is 0 Å². The highest BCUT2D eigenvalue weighted by molar-refractivity contribution is 5.81. The van der Waals surface area contributed by atoms with Crippen LogP contribution in [0.5, 0.6) is 0 Å². The van der Waals surface area contributed by atoms with Gasteiger partial charge in [-0.1, -0.05) is 32.6 Å². The van der Waals surface area contributed by atoms with Crippen molar-refractivity contribution in [1.82, 2.24) is 5.32 Å². The maximum absolute atomic E-state index is 11.2. The Morgan fingerprint density at radius 2 is 1.75 bits per heavy atom. The van der Waals surface area contributed by atoms with E-state index in [4.69, 9.17) is 0 Å². The number of ether oxygens (including phenoxy) is 1. The van der Waals surface area contributed by atoms with Gasteiger partial charge in [0.2, 0.25) is 5.91 Å². The van der Waals surface area contributed by atoms with Gasteiger partial charge in [-0.3, -0.25) is 9.59 Å². The summed E-state index contributed by atoms with van der Waals surface area (Å²) in [6.07, 6.45) is 6.28. The van der Waals surface area contributed by atoms with Crippen LogP contribution in [0.1, 0.15) is 51.9 Å². The number of amides is 1. The van der Waals surface area contributed by atoms with Gasteiger partial charge >= 0.3 is 5.97 Å². The van der Waals surface area contributed by atoms with Crippen LogP contribution < -0.4 is 5.32 Å². The van der Waals surface area contributed by atoms with Crippen molar-refractivity contribution >= 4 is 11.9 Å². The van der Waals surface area contributed by atoms with E-state index in [0.717, 1.165) is 12.8 Å². The molecule has 1 amide bonds. The largest absolute Gasteiger partial charge is 0.469 e. The number of unbranched alkanes of at least 4 members (excludes halogenated alkanes) is 4. The van der Waals surface area contributed by atoms with Crippen LogP contribution >= 0.6 is 0 Å². The standard InChI is InChI=1S/C12H23NO3/c1-3-4-5-6-7-10-13-11(14)8-9-12(15)16-2/h3-10H2,1-2H3,(H,13,14). The molecule has 0 aliphatic heterocycles. The molecule has 0 fully saturated rings. The van der Waals surface area contributed by atoms with Crippen LogP contribution in [0.4, 0.5) is 0 Å². The zero-order chi connectivity index (χ0) is 12.2. The predicted octanol–water partition coefficient (Wildman–Crippen LogP) is 2.03. The molecule has 0 radical (unpaired) electrons. The molecule has 0 heterocycles. The SMILES string of the molecule is CCCCCCCNC(=O)CCC(=O)OC. The fraction of sp³-hybridized carbons (Fsp3) is 0.833. The number of esters is 1. The predicted molar refractivity (Wildman–Crippen MR) is 63.0 cm³/mol. The van der Waals surface area contributed by atoms with E-state index in [-0.39, 0.29) is 24.7 Å². The Hall–Kier alpha value is -1.06. The summed E-state index contributed by atoms with van der Waals surface area (Å²) >= 11 is 0. The second-order valence-electron chi connectivity index (χ2n) is 3.84. The maximum Gasteiger partial charge on any atom is 0.306 e. The minimum atomic E-state index is -0.335. The fourth-order valence-corrected chi connectivity index (χ4v) is 1.36. The van der Waals surface area contributed by atoms with E-state index in [1.54, 1.807) is 0 Å². The van der Waals surface area contributed by atoms with Crippen LogP contribution in [0.15, 0.2) is 0 Å². The van der Waals surface area contributed by atoms with Crippen LogP contribution in [-0.4, -0.2) is 25.5 Å². The first kappa shape index (κ1) is 14.9. The molecule has 4 nitrogen and oxygen atoms in total. The number of nitrogens with one attached hydrogen (secondary N) is 1. The van der Waals surface area contributed by atoms with E-state index in [0.29, 0.717) is 6.54 Å². The topological polar surface area (TPSA) is 55.4 Å². The summed E-state index contributed by atoms with van der Waals surface area (Å²) in [5.41, 5.74) is 0. The summed E-state index contributed by atoms with van der Waals surface area (Å²) < 4.78 is 4.45. The van der Waals surface area contributed by atoms with Crippen molar-refractivity contribution in [3.05, 3.63) is 0 Å². The molecule has 0 saturated heterocycles. The molecule has 0 aliphatic rings. The van der Waals surface area contributed by atoms with Crippen molar-refractivity contribution < 1.29 is 14.3 Å². The summed E-state index contributed by atoms with van der Waals surface area (Å²) in [6, 6.07) is 0. The molecular formula is C12H23NO3. The second kappa shape index (κ2) is 10.5. The minimum absolute atomic E-state index is 0.0686. The van der Waals surface area contributed by atoms with Crippen LogP contribution in [0.25, 0.3) is 0 Å². The van der Waals surface area contributed by atoms with Crippen molar-refractivity contribution in [3.63, 3.8) is 0 Å². The minimum Gasteiger partial charge on any atom is -0.469 e. The third-order valence-corrected chi connectivity index (χ3v) is 2.39. The molecule has 0 saturated carbocycles. The first-order valence-electron chi connectivity index (χ1n) is 6.04. The van der Waals surface area contributed by atoms with Crippen molar-refractivity contribution in [2.75, 3.05) is 13.7 Å². The van der Waals surface area contributed by atoms with E-state index in [2.05, 4.69) is 17.0 Å². The third kappa shape index (κ3) is 9.49. The number of hydrogen-bond donors (Lipinski definition) is 1. The van der Waals surface area contributed by atoms with Gasteiger partial charge in [-0.2, -0.15) is 0 Å². The van der Waals surface area contributed by atoms with Gasteiger partial charge < -0.3 is 10.1 Å². The molecule has 4 heteroatoms. The van der Waals surface area contributed by atoms with Crippen LogP contribution in [-0.2, 0) is 14.3 Å². The number of carbonyl (C=O) groups excluding carboxylic acids is 2. The molecule has 0 aromatic heterocycles. The zero-order valence-corrected chi connectivity index (χ0v) is 10.4. The lowest BCUT2D eigenvalue weighted by Gasteiger charge is -2.04. The number of rotatable bonds is 9. The summed E-state index contributed by atoms with van der Waals surface area (Å²) in [5.74, 6) is -0.404. The molecule has 1 N–H and O–H groups in total. The molecule has 16 heavy (non-hydrogen) atoms. The molecule has 0 aromatic rings. The average Bonchev–Trinajstić information content (AvgIpc) is 2.30. The Morgan fingerprint density at radius 3 is 2.38 bits per heavy atom. The van der Waals surface area contributed by atoms with Crippen molar-refractivity contribution in [2.24, 2.45) is 0 Å². The molecule has 0 aromatic carbocycles. The fourth-order valence-electron chi connectivity index (χ4n) is 1.36. The lowest BCUT2D eigenvalue weighted by Crippen LogP contribution is -2.24. The number of hydrogen-bond acceptors (Lipinski definition) is 3. The quantitative estimate of drug-likeness (QED) is 0.486. The van der Waals surface area contributed by atoms with Gasteiger partial charge in [0.1, 0.15) is 0 Å². The first-order chi connectivity index (χ1) is 7.70. The highest BCUT2D eigenvalue weighted by Gasteiger charge is 2.05. The van der Waals surface area contributed by atoms with Gasteiger partial charge in [-0.25, -0.2) is 0 Å². The molecule has 0 unspecified atom stereocenters. The van der Waals surface area contributed by atoms with Gasteiger partial charge in [0.15, 0.2) is 0 Å². The first-order valence-corrected chi connectivity index (χ1v) is 6.04. The van der Waals surface area contributed by atoms with Crippen LogP contribution in [0, 0.1) is 0 Å². The smallest absolute Gasteiger partial charge is 0.306 e. The molecule has 0 bridgehead atoms. The van der Waals surface area contributed by atoms with Crippen molar-refractivity contribution in [1.29, 1.82) is 0 Å². The maximum atomic E-state index is 11.2. The average molecular weight is 229 g/mol.